The lowest BCUT2D eigenvalue weighted by molar-refractivity contribution is 0.0997. The van der Waals surface area contributed by atoms with Crippen LogP contribution in [0.3, 0.4) is 0 Å². The van der Waals surface area contributed by atoms with E-state index in [2.05, 4.69) is 9.71 Å². The van der Waals surface area contributed by atoms with Gasteiger partial charge >= 0.3 is 0 Å². The standard InChI is InChI=1S/C14H15N3O4S/c1-9-5-6-16-13(7-9)17-22(19,20)10-3-4-12(21-2)11(8-10)14(15)18/h3-8H,1-2H3,(H2,15,18)(H,16,17). The van der Waals surface area contributed by atoms with Crippen LogP contribution < -0.4 is 15.2 Å². The summed E-state index contributed by atoms with van der Waals surface area (Å²) < 4.78 is 32.0. The Hall–Kier alpha value is -2.61. The van der Waals surface area contributed by atoms with Crippen molar-refractivity contribution < 1.29 is 17.9 Å². The summed E-state index contributed by atoms with van der Waals surface area (Å²) in [4.78, 5) is 15.2. The van der Waals surface area contributed by atoms with E-state index in [-0.39, 0.29) is 22.0 Å². The predicted octanol–water partition coefficient (Wildman–Crippen LogP) is 1.30. The lowest BCUT2D eigenvalue weighted by Gasteiger charge is -2.10. The minimum atomic E-state index is -3.89. The fourth-order valence-electron chi connectivity index (χ4n) is 1.84. The molecule has 116 valence electrons. The molecule has 1 heterocycles. The van der Waals surface area contributed by atoms with Crippen molar-refractivity contribution in [2.45, 2.75) is 11.8 Å². The molecule has 0 aliphatic heterocycles. The zero-order valence-corrected chi connectivity index (χ0v) is 12.8. The molecule has 1 amide bonds. The number of nitrogens with two attached hydrogens (primary N) is 1. The van der Waals surface area contributed by atoms with Crippen LogP contribution in [0.5, 0.6) is 5.75 Å². The van der Waals surface area contributed by atoms with Gasteiger partial charge in [0.1, 0.15) is 11.6 Å². The van der Waals surface area contributed by atoms with E-state index in [9.17, 15) is 13.2 Å². The van der Waals surface area contributed by atoms with E-state index in [1.54, 1.807) is 12.1 Å². The monoisotopic (exact) mass is 321 g/mol. The normalized spacial score (nSPS) is 11.0. The largest absolute Gasteiger partial charge is 0.496 e. The molecule has 0 unspecified atom stereocenters. The summed E-state index contributed by atoms with van der Waals surface area (Å²) in [6.07, 6.45) is 1.50. The van der Waals surface area contributed by atoms with Gasteiger partial charge in [0.25, 0.3) is 15.9 Å². The Bertz CT molecular complexity index is 819. The highest BCUT2D eigenvalue weighted by Gasteiger charge is 2.19. The van der Waals surface area contributed by atoms with Gasteiger partial charge in [0, 0.05) is 6.20 Å². The van der Waals surface area contributed by atoms with Gasteiger partial charge in [0.15, 0.2) is 0 Å². The number of hydrogen-bond donors (Lipinski definition) is 2. The third-order valence-corrected chi connectivity index (χ3v) is 4.25. The van der Waals surface area contributed by atoms with Gasteiger partial charge in [0.2, 0.25) is 0 Å². The van der Waals surface area contributed by atoms with Crippen LogP contribution in [0.4, 0.5) is 5.82 Å². The number of aromatic nitrogens is 1. The van der Waals surface area contributed by atoms with E-state index >= 15 is 0 Å². The number of nitrogens with zero attached hydrogens (tertiary/aromatic N) is 1. The van der Waals surface area contributed by atoms with Gasteiger partial charge in [-0.15, -0.1) is 0 Å². The molecule has 22 heavy (non-hydrogen) atoms. The number of carbonyl (C=O) groups is 1. The Labute approximate surface area is 128 Å². The van der Waals surface area contributed by atoms with E-state index in [4.69, 9.17) is 10.5 Å². The third kappa shape index (κ3) is 3.34. The second-order valence-electron chi connectivity index (χ2n) is 4.55. The van der Waals surface area contributed by atoms with Crippen molar-refractivity contribution >= 4 is 21.7 Å². The molecule has 0 saturated carbocycles. The summed E-state index contributed by atoms with van der Waals surface area (Å²) in [7, 11) is -2.52. The zero-order valence-electron chi connectivity index (χ0n) is 12.0. The second-order valence-corrected chi connectivity index (χ2v) is 6.23. The Morgan fingerprint density at radius 2 is 2.00 bits per heavy atom. The number of anilines is 1. The first-order chi connectivity index (χ1) is 10.3. The molecule has 0 aliphatic carbocycles. The zero-order chi connectivity index (χ0) is 16.3. The maximum Gasteiger partial charge on any atom is 0.263 e. The van der Waals surface area contributed by atoms with Gasteiger partial charge in [-0.2, -0.15) is 0 Å². The van der Waals surface area contributed by atoms with Crippen molar-refractivity contribution in [1.29, 1.82) is 0 Å². The Morgan fingerprint density at radius 3 is 2.59 bits per heavy atom. The van der Waals surface area contributed by atoms with Gasteiger partial charge in [-0.05, 0) is 42.8 Å². The van der Waals surface area contributed by atoms with Gasteiger partial charge in [-0.1, -0.05) is 0 Å². The number of pyridine rings is 1. The number of ether oxygens (including phenoxy) is 1. The molecule has 0 fully saturated rings. The number of methoxy groups -OCH3 is 1. The minimum Gasteiger partial charge on any atom is -0.496 e. The molecule has 2 rings (SSSR count). The molecule has 2 aromatic rings. The average Bonchev–Trinajstić information content (AvgIpc) is 2.46. The molecule has 1 aromatic heterocycles. The first kappa shape index (κ1) is 15.8. The van der Waals surface area contributed by atoms with Crippen LogP contribution in [0, 0.1) is 6.92 Å². The summed E-state index contributed by atoms with van der Waals surface area (Å²) in [5.74, 6) is -0.376. The van der Waals surface area contributed by atoms with E-state index in [1.165, 1.54) is 31.5 Å². The maximum absolute atomic E-state index is 12.3. The average molecular weight is 321 g/mol. The number of nitrogens with one attached hydrogen (secondary N) is 1. The van der Waals surface area contributed by atoms with E-state index < -0.39 is 15.9 Å². The highest BCUT2D eigenvalue weighted by atomic mass is 32.2. The molecule has 8 heteroatoms. The molecule has 0 saturated heterocycles. The van der Waals surface area contributed by atoms with Crippen LogP contribution in [0.25, 0.3) is 0 Å². The number of benzene rings is 1. The summed E-state index contributed by atoms with van der Waals surface area (Å²) in [5, 5.41) is 0. The minimum absolute atomic E-state index is 0.0115. The SMILES string of the molecule is COc1ccc(S(=O)(=O)Nc2cc(C)ccn2)cc1C(N)=O. The predicted molar refractivity (Wildman–Crippen MR) is 81.3 cm³/mol. The number of aryl methyl sites for hydroxylation is 1. The highest BCUT2D eigenvalue weighted by Crippen LogP contribution is 2.23. The molecule has 0 atom stereocenters. The van der Waals surface area contributed by atoms with Crippen LogP contribution in [0.15, 0.2) is 41.4 Å². The van der Waals surface area contributed by atoms with Gasteiger partial charge in [-0.3, -0.25) is 9.52 Å². The molecular weight excluding hydrogens is 306 g/mol. The van der Waals surface area contributed by atoms with E-state index in [0.29, 0.717) is 0 Å². The summed E-state index contributed by atoms with van der Waals surface area (Å²) in [5.41, 5.74) is 6.08. The molecule has 7 nitrogen and oxygen atoms in total. The number of amides is 1. The van der Waals surface area contributed by atoms with Crippen molar-refractivity contribution in [1.82, 2.24) is 4.98 Å². The van der Waals surface area contributed by atoms with Crippen molar-refractivity contribution in [3.8, 4) is 5.75 Å². The molecular formula is C14H15N3O4S. The van der Waals surface area contributed by atoms with Crippen LogP contribution in [0.1, 0.15) is 15.9 Å². The molecule has 3 N–H and O–H groups in total. The fourth-order valence-corrected chi connectivity index (χ4v) is 2.86. The van der Waals surface area contributed by atoms with Crippen molar-refractivity contribution in [3.05, 3.63) is 47.7 Å². The quantitative estimate of drug-likeness (QED) is 0.862. The number of rotatable bonds is 5. The van der Waals surface area contributed by atoms with E-state index in [1.807, 2.05) is 6.92 Å². The van der Waals surface area contributed by atoms with Crippen LogP contribution >= 0.6 is 0 Å². The smallest absolute Gasteiger partial charge is 0.263 e. The summed E-state index contributed by atoms with van der Waals surface area (Å²) >= 11 is 0. The molecule has 0 spiro atoms. The van der Waals surface area contributed by atoms with Crippen LogP contribution in [-0.2, 0) is 10.0 Å². The lowest BCUT2D eigenvalue weighted by atomic mass is 10.2. The van der Waals surface area contributed by atoms with Crippen molar-refractivity contribution in [2.24, 2.45) is 5.73 Å². The number of primary amides is 1. The number of carbonyl (C=O) groups excluding carboxylic acids is 1. The first-order valence-electron chi connectivity index (χ1n) is 6.27. The summed E-state index contributed by atoms with van der Waals surface area (Å²) in [6, 6.07) is 7.20. The second kappa shape index (κ2) is 6.02. The van der Waals surface area contributed by atoms with Crippen molar-refractivity contribution in [3.63, 3.8) is 0 Å². The molecule has 0 bridgehead atoms. The first-order valence-corrected chi connectivity index (χ1v) is 7.75. The molecule has 0 radical (unpaired) electrons. The Balaban J connectivity index is 2.41. The Morgan fingerprint density at radius 1 is 1.27 bits per heavy atom. The summed E-state index contributed by atoms with van der Waals surface area (Å²) in [6.45, 7) is 1.82. The van der Waals surface area contributed by atoms with E-state index in [0.717, 1.165) is 5.56 Å². The highest BCUT2D eigenvalue weighted by molar-refractivity contribution is 7.92. The van der Waals surface area contributed by atoms with Crippen LogP contribution in [-0.4, -0.2) is 26.4 Å². The van der Waals surface area contributed by atoms with Crippen molar-refractivity contribution in [2.75, 3.05) is 11.8 Å². The van der Waals surface area contributed by atoms with Gasteiger partial charge in [-0.25, -0.2) is 13.4 Å². The topological polar surface area (TPSA) is 111 Å². The Kier molecular flexibility index (Phi) is 4.32. The number of hydrogen-bond acceptors (Lipinski definition) is 5. The molecule has 1 aromatic carbocycles. The maximum atomic E-state index is 12.3. The number of sulfonamides is 1. The molecule has 0 aliphatic rings. The lowest BCUT2D eigenvalue weighted by Crippen LogP contribution is -2.17. The third-order valence-electron chi connectivity index (χ3n) is 2.90. The van der Waals surface area contributed by atoms with Gasteiger partial charge in [0.05, 0.1) is 17.6 Å². The van der Waals surface area contributed by atoms with Gasteiger partial charge < -0.3 is 10.5 Å². The van der Waals surface area contributed by atoms with Crippen LogP contribution in [0.2, 0.25) is 0 Å². The fraction of sp³-hybridized carbons (Fsp3) is 0.143.